The topological polar surface area (TPSA) is 38.3 Å². The molecule has 1 N–H and O–H groups in total. The highest BCUT2D eigenvalue weighted by molar-refractivity contribution is 5.91. The first-order valence-corrected chi connectivity index (χ1v) is 8.00. The van der Waals surface area contributed by atoms with Crippen LogP contribution in [0.3, 0.4) is 0 Å². The number of carbonyl (C=O) groups is 1. The number of unbranched alkanes of at least 4 members (excludes halogenated alkanes) is 1. The smallest absolute Gasteiger partial charge is 0.244 e. The van der Waals surface area contributed by atoms with E-state index in [0.717, 1.165) is 36.3 Å². The van der Waals surface area contributed by atoms with Crippen molar-refractivity contribution in [2.24, 2.45) is 0 Å². The number of nitrogens with one attached hydrogen (secondary N) is 1. The molecule has 2 aromatic carbocycles. The molecule has 2 aromatic rings. The van der Waals surface area contributed by atoms with Gasteiger partial charge in [-0.1, -0.05) is 55.8 Å². The molecule has 0 spiro atoms. The van der Waals surface area contributed by atoms with Crippen LogP contribution in [0.4, 0.5) is 0 Å². The second kappa shape index (κ2) is 9.46. The highest BCUT2D eigenvalue weighted by Crippen LogP contribution is 2.13. The molecule has 0 radical (unpaired) electrons. The molecule has 2 rings (SSSR count). The van der Waals surface area contributed by atoms with Gasteiger partial charge in [-0.15, -0.1) is 0 Å². The zero-order chi connectivity index (χ0) is 16.3. The van der Waals surface area contributed by atoms with Crippen LogP contribution in [0.2, 0.25) is 0 Å². The van der Waals surface area contributed by atoms with Gasteiger partial charge in [-0.05, 0) is 35.8 Å². The highest BCUT2D eigenvalue weighted by Gasteiger charge is 1.97. The van der Waals surface area contributed by atoms with E-state index in [1.165, 1.54) is 0 Å². The fourth-order valence-electron chi connectivity index (χ4n) is 2.03. The Balaban J connectivity index is 1.78. The molecule has 0 bridgehead atoms. The number of ether oxygens (including phenoxy) is 1. The van der Waals surface area contributed by atoms with Crippen molar-refractivity contribution in [1.82, 2.24) is 5.32 Å². The van der Waals surface area contributed by atoms with Gasteiger partial charge in [0.05, 0.1) is 6.61 Å². The van der Waals surface area contributed by atoms with Crippen molar-refractivity contribution in [3.05, 3.63) is 71.8 Å². The number of hydrogen-bond acceptors (Lipinski definition) is 2. The van der Waals surface area contributed by atoms with Crippen molar-refractivity contribution in [3.8, 4) is 5.75 Å². The van der Waals surface area contributed by atoms with Crippen LogP contribution in [0, 0.1) is 0 Å². The van der Waals surface area contributed by atoms with Crippen molar-refractivity contribution >= 4 is 12.0 Å². The van der Waals surface area contributed by atoms with E-state index in [-0.39, 0.29) is 5.91 Å². The SMILES string of the molecule is CCCCOc1ccc(/C=C/C(=O)NCc2ccccc2)cc1. The first-order chi connectivity index (χ1) is 11.3. The molecule has 0 aliphatic heterocycles. The third-order valence-corrected chi connectivity index (χ3v) is 3.38. The summed E-state index contributed by atoms with van der Waals surface area (Å²) in [5, 5.41) is 2.86. The molecule has 0 heterocycles. The number of benzene rings is 2. The van der Waals surface area contributed by atoms with Crippen LogP contribution in [-0.2, 0) is 11.3 Å². The monoisotopic (exact) mass is 309 g/mol. The fraction of sp³-hybridized carbons (Fsp3) is 0.250. The minimum absolute atomic E-state index is 0.0999. The lowest BCUT2D eigenvalue weighted by molar-refractivity contribution is -0.116. The molecule has 3 heteroatoms. The Morgan fingerprint density at radius 2 is 1.83 bits per heavy atom. The summed E-state index contributed by atoms with van der Waals surface area (Å²) in [4.78, 5) is 11.8. The lowest BCUT2D eigenvalue weighted by Crippen LogP contribution is -2.20. The van der Waals surface area contributed by atoms with Crippen LogP contribution < -0.4 is 10.1 Å². The third-order valence-electron chi connectivity index (χ3n) is 3.38. The van der Waals surface area contributed by atoms with Gasteiger partial charge in [-0.25, -0.2) is 0 Å². The Kier molecular flexibility index (Phi) is 6.92. The Hall–Kier alpha value is -2.55. The van der Waals surface area contributed by atoms with Crippen LogP contribution >= 0.6 is 0 Å². The molecular weight excluding hydrogens is 286 g/mol. The predicted molar refractivity (Wildman–Crippen MR) is 94.2 cm³/mol. The largest absolute Gasteiger partial charge is 0.494 e. The van der Waals surface area contributed by atoms with Crippen molar-refractivity contribution < 1.29 is 9.53 Å². The van der Waals surface area contributed by atoms with Crippen LogP contribution in [-0.4, -0.2) is 12.5 Å². The van der Waals surface area contributed by atoms with Crippen molar-refractivity contribution in [3.63, 3.8) is 0 Å². The molecule has 0 atom stereocenters. The van der Waals surface area contributed by atoms with E-state index in [2.05, 4.69) is 12.2 Å². The van der Waals surface area contributed by atoms with Crippen LogP contribution in [0.15, 0.2) is 60.7 Å². The summed E-state index contributed by atoms with van der Waals surface area (Å²) in [6, 6.07) is 17.6. The van der Waals surface area contributed by atoms with Crippen LogP contribution in [0.5, 0.6) is 5.75 Å². The van der Waals surface area contributed by atoms with E-state index in [9.17, 15) is 4.79 Å². The van der Waals surface area contributed by atoms with Crippen molar-refractivity contribution in [2.45, 2.75) is 26.3 Å². The second-order valence-corrected chi connectivity index (χ2v) is 5.31. The fourth-order valence-corrected chi connectivity index (χ4v) is 2.03. The van der Waals surface area contributed by atoms with E-state index in [4.69, 9.17) is 4.74 Å². The zero-order valence-electron chi connectivity index (χ0n) is 13.5. The number of amides is 1. The summed E-state index contributed by atoms with van der Waals surface area (Å²) in [6.07, 6.45) is 5.54. The minimum atomic E-state index is -0.0999. The normalized spacial score (nSPS) is 10.7. The van der Waals surface area contributed by atoms with Gasteiger partial charge < -0.3 is 10.1 Å². The predicted octanol–water partition coefficient (Wildman–Crippen LogP) is 4.20. The van der Waals surface area contributed by atoms with Crippen molar-refractivity contribution in [1.29, 1.82) is 0 Å². The van der Waals surface area contributed by atoms with Crippen molar-refractivity contribution in [2.75, 3.05) is 6.61 Å². The minimum Gasteiger partial charge on any atom is -0.494 e. The van der Waals surface area contributed by atoms with E-state index < -0.39 is 0 Å². The maximum atomic E-state index is 11.8. The first kappa shape index (κ1) is 16.8. The van der Waals surface area contributed by atoms with E-state index in [0.29, 0.717) is 6.54 Å². The Morgan fingerprint density at radius 1 is 1.09 bits per heavy atom. The zero-order valence-corrected chi connectivity index (χ0v) is 13.5. The van der Waals surface area contributed by atoms with Gasteiger partial charge in [0, 0.05) is 12.6 Å². The summed E-state index contributed by atoms with van der Waals surface area (Å²) in [6.45, 7) is 3.42. The molecule has 1 amide bonds. The molecule has 0 saturated carbocycles. The highest BCUT2D eigenvalue weighted by atomic mass is 16.5. The molecule has 0 aliphatic rings. The molecule has 0 saturated heterocycles. The summed E-state index contributed by atoms with van der Waals surface area (Å²) in [5.74, 6) is 0.765. The first-order valence-electron chi connectivity index (χ1n) is 8.00. The number of rotatable bonds is 8. The van der Waals surface area contributed by atoms with Gasteiger partial charge in [-0.2, -0.15) is 0 Å². The third kappa shape index (κ3) is 6.39. The molecule has 23 heavy (non-hydrogen) atoms. The Morgan fingerprint density at radius 3 is 2.52 bits per heavy atom. The summed E-state index contributed by atoms with van der Waals surface area (Å²) in [7, 11) is 0. The average Bonchev–Trinajstić information content (AvgIpc) is 2.60. The van der Waals surface area contributed by atoms with Gasteiger partial charge in [0.15, 0.2) is 0 Å². The van der Waals surface area contributed by atoms with Gasteiger partial charge in [0.1, 0.15) is 5.75 Å². The molecule has 0 fully saturated rings. The average molecular weight is 309 g/mol. The van der Waals surface area contributed by atoms with Gasteiger partial charge in [0.2, 0.25) is 5.91 Å². The van der Waals surface area contributed by atoms with Gasteiger partial charge >= 0.3 is 0 Å². The molecular formula is C20H23NO2. The van der Waals surface area contributed by atoms with Gasteiger partial charge in [-0.3, -0.25) is 4.79 Å². The van der Waals surface area contributed by atoms with E-state index >= 15 is 0 Å². The van der Waals surface area contributed by atoms with Crippen LogP contribution in [0.25, 0.3) is 6.08 Å². The summed E-state index contributed by atoms with van der Waals surface area (Å²) >= 11 is 0. The van der Waals surface area contributed by atoms with E-state index in [1.54, 1.807) is 12.2 Å². The Bertz CT molecular complexity index is 618. The molecule has 120 valence electrons. The van der Waals surface area contributed by atoms with E-state index in [1.807, 2.05) is 54.6 Å². The lowest BCUT2D eigenvalue weighted by Gasteiger charge is -2.05. The summed E-state index contributed by atoms with van der Waals surface area (Å²) < 4.78 is 5.61. The lowest BCUT2D eigenvalue weighted by atomic mass is 10.2. The molecule has 0 unspecified atom stereocenters. The quantitative estimate of drug-likeness (QED) is 0.586. The molecule has 0 aliphatic carbocycles. The van der Waals surface area contributed by atoms with Crippen LogP contribution in [0.1, 0.15) is 30.9 Å². The standard InChI is InChI=1S/C20H23NO2/c1-2-3-15-23-19-12-9-17(10-13-19)11-14-20(22)21-16-18-7-5-4-6-8-18/h4-14H,2-3,15-16H2,1H3,(H,21,22)/b14-11+. The Labute approximate surface area is 138 Å². The van der Waals surface area contributed by atoms with Gasteiger partial charge in [0.25, 0.3) is 0 Å². The maximum absolute atomic E-state index is 11.8. The number of carbonyl (C=O) groups excluding carboxylic acids is 1. The second-order valence-electron chi connectivity index (χ2n) is 5.31. The number of hydrogen-bond donors (Lipinski definition) is 1. The maximum Gasteiger partial charge on any atom is 0.244 e. The summed E-state index contributed by atoms with van der Waals surface area (Å²) in [5.41, 5.74) is 2.06. The molecule has 3 nitrogen and oxygen atoms in total. The molecule has 0 aromatic heterocycles.